The minimum absolute atomic E-state index is 0.0336. The van der Waals surface area contributed by atoms with Gasteiger partial charge in [0.2, 0.25) is 0 Å². The van der Waals surface area contributed by atoms with Gasteiger partial charge >= 0.3 is 6.09 Å². The number of nitrogens with zero attached hydrogens (tertiary/aromatic N) is 3. The number of hydrogen-bond acceptors (Lipinski definition) is 7. The smallest absolute Gasteiger partial charge is 0.416 e. The third-order valence-electron chi connectivity index (χ3n) is 5.31. The van der Waals surface area contributed by atoms with Crippen LogP contribution in [0.3, 0.4) is 0 Å². The van der Waals surface area contributed by atoms with Gasteiger partial charge in [0.25, 0.3) is 5.91 Å². The van der Waals surface area contributed by atoms with Gasteiger partial charge in [-0.2, -0.15) is 0 Å². The summed E-state index contributed by atoms with van der Waals surface area (Å²) in [6.45, 7) is 3.66. The summed E-state index contributed by atoms with van der Waals surface area (Å²) in [6, 6.07) is 5.48. The number of aromatic nitrogens is 1. The van der Waals surface area contributed by atoms with E-state index in [1.54, 1.807) is 12.3 Å². The molecule has 9 nitrogen and oxygen atoms in total. The summed E-state index contributed by atoms with van der Waals surface area (Å²) in [5, 5.41) is 21.5. The van der Waals surface area contributed by atoms with Crippen molar-refractivity contribution in [3.63, 3.8) is 0 Å². The molecule has 2 aliphatic heterocycles. The lowest BCUT2D eigenvalue weighted by atomic mass is 9.97. The van der Waals surface area contributed by atoms with E-state index in [0.29, 0.717) is 0 Å². The molecule has 3 heterocycles. The molecule has 2 atom stereocenters. The van der Waals surface area contributed by atoms with E-state index in [0.717, 1.165) is 16.2 Å². The summed E-state index contributed by atoms with van der Waals surface area (Å²) >= 11 is 0. The predicted molar refractivity (Wildman–Crippen MR) is 106 cm³/mol. The molecule has 2 N–H and O–H groups in total. The number of rotatable bonds is 3. The molecule has 0 radical (unpaired) electrons. The average Bonchev–Trinajstić information content (AvgIpc) is 2.83. The van der Waals surface area contributed by atoms with E-state index in [4.69, 9.17) is 9.47 Å². The third-order valence-corrected chi connectivity index (χ3v) is 5.31. The Bertz CT molecular complexity index is 1020. The molecule has 9 heteroatoms. The highest BCUT2D eigenvalue weighted by Gasteiger charge is 2.45. The quantitative estimate of drug-likeness (QED) is 0.741. The first-order valence-electron chi connectivity index (χ1n) is 9.36. The Morgan fingerprint density at radius 3 is 2.97 bits per heavy atom. The zero-order chi connectivity index (χ0) is 21.4. The first-order valence-corrected chi connectivity index (χ1v) is 9.36. The Morgan fingerprint density at radius 2 is 2.23 bits per heavy atom. The van der Waals surface area contributed by atoms with Gasteiger partial charge in [-0.3, -0.25) is 9.78 Å². The minimum Gasteiger partial charge on any atom is -0.504 e. The van der Waals surface area contributed by atoms with Crippen LogP contribution < -0.4 is 9.64 Å². The van der Waals surface area contributed by atoms with Gasteiger partial charge in [0.05, 0.1) is 24.4 Å². The molecule has 30 heavy (non-hydrogen) atoms. The summed E-state index contributed by atoms with van der Waals surface area (Å²) in [7, 11) is 1.36. The first kappa shape index (κ1) is 19.7. The van der Waals surface area contributed by atoms with Crippen LogP contribution in [0.5, 0.6) is 11.5 Å². The zero-order valence-corrected chi connectivity index (χ0v) is 16.3. The molecule has 0 fully saturated rings. The molecular formula is C21H21N3O6. The van der Waals surface area contributed by atoms with E-state index in [9.17, 15) is 19.8 Å². The van der Waals surface area contributed by atoms with Crippen molar-refractivity contribution in [3.8, 4) is 11.5 Å². The van der Waals surface area contributed by atoms with Crippen LogP contribution in [0.15, 0.2) is 43.1 Å². The second kappa shape index (κ2) is 7.68. The maximum atomic E-state index is 13.5. The van der Waals surface area contributed by atoms with E-state index in [1.807, 2.05) is 6.07 Å². The number of aliphatic hydroxyl groups is 1. The number of carbonyl (C=O) groups is 2. The maximum Gasteiger partial charge on any atom is 0.416 e. The van der Waals surface area contributed by atoms with Crippen LogP contribution >= 0.6 is 0 Å². The molecule has 2 aliphatic rings. The summed E-state index contributed by atoms with van der Waals surface area (Å²) in [4.78, 5) is 33.1. The second-order valence-corrected chi connectivity index (χ2v) is 7.00. The normalized spacial score (nSPS) is 19.9. The van der Waals surface area contributed by atoms with Crippen LogP contribution in [0.2, 0.25) is 0 Å². The second-order valence-electron chi connectivity index (χ2n) is 7.00. The van der Waals surface area contributed by atoms with Gasteiger partial charge < -0.3 is 24.6 Å². The molecule has 0 bridgehead atoms. The number of pyridine rings is 1. The van der Waals surface area contributed by atoms with Gasteiger partial charge in [0.15, 0.2) is 17.7 Å². The number of anilines is 1. The summed E-state index contributed by atoms with van der Waals surface area (Å²) in [5.41, 5.74) is 1.75. The van der Waals surface area contributed by atoms with Crippen LogP contribution in [0.1, 0.15) is 21.6 Å². The molecule has 1 aromatic heterocycles. The van der Waals surface area contributed by atoms with Crippen LogP contribution in [0, 0.1) is 0 Å². The monoisotopic (exact) mass is 411 g/mol. The number of aliphatic hydroxyl groups excluding tert-OH is 1. The molecule has 0 saturated heterocycles. The maximum absolute atomic E-state index is 13.5. The lowest BCUT2D eigenvalue weighted by molar-refractivity contribution is 0.0294. The molecule has 1 aromatic carbocycles. The van der Waals surface area contributed by atoms with E-state index < -0.39 is 24.3 Å². The van der Waals surface area contributed by atoms with Crippen molar-refractivity contribution in [1.82, 2.24) is 9.88 Å². The number of phenols is 1. The van der Waals surface area contributed by atoms with E-state index in [2.05, 4.69) is 11.6 Å². The van der Waals surface area contributed by atoms with Gasteiger partial charge in [0.1, 0.15) is 6.61 Å². The number of aromatic hydroxyl groups is 1. The molecule has 4 rings (SSSR count). The molecular weight excluding hydrogens is 390 g/mol. The zero-order valence-electron chi connectivity index (χ0n) is 16.3. The number of fused-ring (bicyclic) bond motifs is 3. The Kier molecular flexibility index (Phi) is 5.04. The molecule has 2 amide bonds. The van der Waals surface area contributed by atoms with Crippen molar-refractivity contribution in [1.29, 1.82) is 0 Å². The summed E-state index contributed by atoms with van der Waals surface area (Å²) < 4.78 is 10.3. The van der Waals surface area contributed by atoms with Crippen molar-refractivity contribution < 1.29 is 29.3 Å². The topological polar surface area (TPSA) is 112 Å². The highest BCUT2D eigenvalue weighted by molar-refractivity contribution is 6.06. The van der Waals surface area contributed by atoms with Crippen molar-refractivity contribution in [2.24, 2.45) is 0 Å². The Labute approximate surface area is 172 Å². The lowest BCUT2D eigenvalue weighted by Gasteiger charge is -2.39. The fourth-order valence-electron chi connectivity index (χ4n) is 3.86. The number of methoxy groups -OCH3 is 1. The van der Waals surface area contributed by atoms with Gasteiger partial charge in [-0.15, -0.1) is 0 Å². The fourth-order valence-corrected chi connectivity index (χ4v) is 3.86. The number of hydrogen-bond donors (Lipinski definition) is 2. The Balaban J connectivity index is 1.87. The van der Waals surface area contributed by atoms with Crippen molar-refractivity contribution in [2.45, 2.75) is 25.2 Å². The molecule has 1 unspecified atom stereocenters. The largest absolute Gasteiger partial charge is 0.504 e. The highest BCUT2D eigenvalue weighted by Crippen LogP contribution is 2.40. The third kappa shape index (κ3) is 3.13. The fraction of sp³-hybridized carbons (Fsp3) is 0.286. The van der Waals surface area contributed by atoms with Crippen LogP contribution in [0.4, 0.5) is 10.5 Å². The molecule has 0 aliphatic carbocycles. The Hall–Kier alpha value is -3.59. The standard InChI is InChI=1S/C21H21N3O6/c1-3-7-30-21(28)24-15-10-17(25)18(29-2)8-13(15)19(26)23-11-12-5-4-6-22-14(12)9-16(23)20(24)27/h3-6,8,10,16,20,25,27H,1,7,9,11H2,2H3/t16-,20?/m1/s1. The lowest BCUT2D eigenvalue weighted by Crippen LogP contribution is -2.55. The predicted octanol–water partition coefficient (Wildman–Crippen LogP) is 1.82. The van der Waals surface area contributed by atoms with Crippen LogP contribution in [-0.2, 0) is 17.7 Å². The van der Waals surface area contributed by atoms with Gasteiger partial charge in [-0.05, 0) is 17.7 Å². The van der Waals surface area contributed by atoms with Crippen LogP contribution in [0.25, 0.3) is 0 Å². The number of benzene rings is 1. The number of amides is 2. The van der Waals surface area contributed by atoms with Crippen molar-refractivity contribution in [3.05, 3.63) is 59.9 Å². The number of ether oxygens (including phenoxy) is 2. The van der Waals surface area contributed by atoms with E-state index >= 15 is 0 Å². The number of carbonyl (C=O) groups excluding carboxylic acids is 2. The molecule has 2 aromatic rings. The average molecular weight is 411 g/mol. The minimum atomic E-state index is -1.42. The van der Waals surface area contributed by atoms with Gasteiger partial charge in [-0.25, -0.2) is 9.69 Å². The summed E-state index contributed by atoms with van der Waals surface area (Å²) in [5.74, 6) is -0.600. The van der Waals surface area contributed by atoms with E-state index in [-0.39, 0.29) is 42.3 Å². The van der Waals surface area contributed by atoms with E-state index in [1.165, 1.54) is 30.2 Å². The van der Waals surface area contributed by atoms with Crippen LogP contribution in [-0.4, -0.2) is 58.1 Å². The molecule has 0 spiro atoms. The summed E-state index contributed by atoms with van der Waals surface area (Å²) in [6.07, 6.45) is 1.01. The van der Waals surface area contributed by atoms with Crippen molar-refractivity contribution in [2.75, 3.05) is 18.6 Å². The highest BCUT2D eigenvalue weighted by atomic mass is 16.6. The SMILES string of the molecule is C=CCOC(=O)N1c2cc(O)c(OC)cc2C(=O)N2Cc3cccnc3C[C@@H]2C1O. The first-order chi connectivity index (χ1) is 14.5. The Morgan fingerprint density at radius 1 is 1.43 bits per heavy atom. The van der Waals surface area contributed by atoms with Gasteiger partial charge in [-0.1, -0.05) is 18.7 Å². The van der Waals surface area contributed by atoms with Gasteiger partial charge in [0, 0.05) is 30.9 Å². The molecule has 0 saturated carbocycles. The van der Waals surface area contributed by atoms with Crippen molar-refractivity contribution >= 4 is 17.7 Å². The number of phenolic OH excluding ortho intramolecular Hbond substituents is 1. The molecule has 156 valence electrons.